The van der Waals surface area contributed by atoms with Crippen molar-refractivity contribution < 1.29 is 28.6 Å². The molecule has 8 nitrogen and oxygen atoms in total. The number of methoxy groups -OCH3 is 1. The Balaban J connectivity index is 2.37. The number of hydrogen-bond acceptors (Lipinski definition) is 8. The van der Waals surface area contributed by atoms with Crippen molar-refractivity contribution in [3.63, 3.8) is 0 Å². The first-order valence-electron chi connectivity index (χ1n) is 9.45. The predicted molar refractivity (Wildman–Crippen MR) is 113 cm³/mol. The van der Waals surface area contributed by atoms with Gasteiger partial charge in [0.1, 0.15) is 22.6 Å². The Bertz CT molecular complexity index is 1020. The minimum atomic E-state index is -0.752. The van der Waals surface area contributed by atoms with E-state index in [-0.39, 0.29) is 41.4 Å². The van der Waals surface area contributed by atoms with E-state index in [1.807, 2.05) is 13.8 Å². The van der Waals surface area contributed by atoms with Gasteiger partial charge in [-0.15, -0.1) is 6.42 Å². The van der Waals surface area contributed by atoms with Crippen LogP contribution in [0.5, 0.6) is 11.5 Å². The fourth-order valence-corrected chi connectivity index (χ4v) is 2.84. The molecule has 162 valence electrons. The summed E-state index contributed by atoms with van der Waals surface area (Å²) in [5.41, 5.74) is 0.0677. The lowest BCUT2D eigenvalue weighted by atomic mass is 10.1. The van der Waals surface area contributed by atoms with E-state index in [1.54, 1.807) is 33.1 Å². The summed E-state index contributed by atoms with van der Waals surface area (Å²) < 4.78 is 22.3. The van der Waals surface area contributed by atoms with Crippen LogP contribution in [0, 0.1) is 19.3 Å². The van der Waals surface area contributed by atoms with Crippen molar-refractivity contribution in [3.8, 4) is 23.8 Å². The van der Waals surface area contributed by atoms with Gasteiger partial charge in [0.05, 0.1) is 23.3 Å². The lowest BCUT2D eigenvalue weighted by molar-refractivity contribution is -0.138. The zero-order valence-corrected chi connectivity index (χ0v) is 18.0. The van der Waals surface area contributed by atoms with Gasteiger partial charge in [0, 0.05) is 12.7 Å². The number of benzene rings is 1. The van der Waals surface area contributed by atoms with Crippen LogP contribution in [0.4, 0.5) is 0 Å². The van der Waals surface area contributed by atoms with Gasteiger partial charge < -0.3 is 28.6 Å². The molecule has 0 radical (unpaired) electrons. The summed E-state index contributed by atoms with van der Waals surface area (Å²) in [5, 5.41) is 14.7. The SMILES string of the molecule is C#CCO/N=C(\C)c1c(O)c2ccc(OC(C)OC(C)C(C)OC)c(C)c2oc1=O. The lowest BCUT2D eigenvalue weighted by Crippen LogP contribution is -2.31. The Hall–Kier alpha value is -3.02. The quantitative estimate of drug-likeness (QED) is 0.167. The van der Waals surface area contributed by atoms with Crippen LogP contribution in [0.15, 0.2) is 26.5 Å². The van der Waals surface area contributed by atoms with Crippen LogP contribution >= 0.6 is 0 Å². The normalized spacial score (nSPS) is 14.8. The van der Waals surface area contributed by atoms with E-state index in [4.69, 9.17) is 29.9 Å². The number of nitrogens with zero attached hydrogens (tertiary/aromatic N) is 1. The number of ether oxygens (including phenoxy) is 3. The number of rotatable bonds is 9. The second-order valence-corrected chi connectivity index (χ2v) is 6.80. The van der Waals surface area contributed by atoms with Gasteiger partial charge in [-0.25, -0.2) is 4.79 Å². The fourth-order valence-electron chi connectivity index (χ4n) is 2.84. The summed E-state index contributed by atoms with van der Waals surface area (Å²) in [6.45, 7) is 8.73. The third-order valence-electron chi connectivity index (χ3n) is 4.69. The van der Waals surface area contributed by atoms with Crippen molar-refractivity contribution >= 4 is 16.7 Å². The van der Waals surface area contributed by atoms with E-state index in [0.717, 1.165) is 0 Å². The molecule has 0 spiro atoms. The van der Waals surface area contributed by atoms with Crippen LogP contribution in [0.2, 0.25) is 0 Å². The fraction of sp³-hybridized carbons (Fsp3) is 0.455. The molecule has 0 saturated carbocycles. The van der Waals surface area contributed by atoms with Gasteiger partial charge in [-0.05, 0) is 46.8 Å². The first-order chi connectivity index (χ1) is 14.2. The van der Waals surface area contributed by atoms with E-state index in [9.17, 15) is 9.90 Å². The Morgan fingerprint density at radius 2 is 2.00 bits per heavy atom. The maximum Gasteiger partial charge on any atom is 0.349 e. The largest absolute Gasteiger partial charge is 0.506 e. The molecule has 3 unspecified atom stereocenters. The van der Waals surface area contributed by atoms with E-state index in [2.05, 4.69) is 11.1 Å². The summed E-state index contributed by atoms with van der Waals surface area (Å²) in [6, 6.07) is 3.27. The second kappa shape index (κ2) is 10.1. The topological polar surface area (TPSA) is 99.7 Å². The van der Waals surface area contributed by atoms with Gasteiger partial charge in [0.2, 0.25) is 0 Å². The van der Waals surface area contributed by atoms with Crippen LogP contribution in [-0.2, 0) is 14.3 Å². The summed E-state index contributed by atoms with van der Waals surface area (Å²) in [6.07, 6.45) is 4.24. The summed E-state index contributed by atoms with van der Waals surface area (Å²) in [5.74, 6) is 2.47. The first kappa shape index (κ1) is 23.3. The van der Waals surface area contributed by atoms with Crippen LogP contribution < -0.4 is 10.4 Å². The smallest absolute Gasteiger partial charge is 0.349 e. The molecule has 1 aromatic heterocycles. The average Bonchev–Trinajstić information content (AvgIpc) is 2.70. The third kappa shape index (κ3) is 5.12. The standard InChI is InChI=1S/C22H27NO7/c1-8-11-27-23-13(3)19-20(24)17-9-10-18(12(2)21(17)30-22(19)25)29-16(6)28-15(5)14(4)26-7/h1,9-10,14-16,24H,11H2,2-7H3/b23-13+. The van der Waals surface area contributed by atoms with Crippen LogP contribution in [0.1, 0.15) is 38.8 Å². The monoisotopic (exact) mass is 417 g/mol. The average molecular weight is 417 g/mol. The van der Waals surface area contributed by atoms with E-state index >= 15 is 0 Å². The molecule has 3 atom stereocenters. The molecule has 0 aliphatic carbocycles. The molecule has 0 aliphatic rings. The number of hydrogen-bond donors (Lipinski definition) is 1. The number of fused-ring (bicyclic) bond motifs is 1. The number of terminal acetylenes is 1. The van der Waals surface area contributed by atoms with Crippen molar-refractivity contribution in [2.45, 2.75) is 53.1 Å². The van der Waals surface area contributed by atoms with Crippen LogP contribution in [-0.4, -0.2) is 43.0 Å². The Kier molecular flexibility index (Phi) is 7.86. The highest BCUT2D eigenvalue weighted by atomic mass is 16.7. The van der Waals surface area contributed by atoms with Gasteiger partial charge in [-0.1, -0.05) is 11.1 Å². The highest BCUT2D eigenvalue weighted by Gasteiger charge is 2.21. The molecule has 2 aromatic rings. The summed E-state index contributed by atoms with van der Waals surface area (Å²) >= 11 is 0. The Labute approximate surface area is 175 Å². The van der Waals surface area contributed by atoms with Crippen molar-refractivity contribution in [1.29, 1.82) is 0 Å². The minimum absolute atomic E-state index is 0.0567. The maximum atomic E-state index is 12.5. The molecule has 0 aliphatic heterocycles. The maximum absolute atomic E-state index is 12.5. The molecular weight excluding hydrogens is 390 g/mol. The molecular formula is C22H27NO7. The van der Waals surface area contributed by atoms with E-state index in [1.165, 1.54) is 6.92 Å². The van der Waals surface area contributed by atoms with Crippen molar-refractivity contribution in [1.82, 2.24) is 0 Å². The van der Waals surface area contributed by atoms with Gasteiger partial charge in [-0.3, -0.25) is 0 Å². The van der Waals surface area contributed by atoms with Gasteiger partial charge >= 0.3 is 5.63 Å². The molecule has 1 N–H and O–H groups in total. The number of aromatic hydroxyl groups is 1. The predicted octanol–water partition coefficient (Wildman–Crippen LogP) is 3.35. The van der Waals surface area contributed by atoms with E-state index in [0.29, 0.717) is 16.7 Å². The second-order valence-electron chi connectivity index (χ2n) is 6.80. The third-order valence-corrected chi connectivity index (χ3v) is 4.69. The molecule has 30 heavy (non-hydrogen) atoms. The van der Waals surface area contributed by atoms with Gasteiger partial charge in [-0.2, -0.15) is 0 Å². The Morgan fingerprint density at radius 3 is 2.63 bits per heavy atom. The number of oxime groups is 1. The van der Waals surface area contributed by atoms with Crippen LogP contribution in [0.25, 0.3) is 11.0 Å². The lowest BCUT2D eigenvalue weighted by Gasteiger charge is -2.24. The molecule has 8 heteroatoms. The minimum Gasteiger partial charge on any atom is -0.506 e. The van der Waals surface area contributed by atoms with E-state index < -0.39 is 11.9 Å². The zero-order chi connectivity index (χ0) is 22.4. The highest BCUT2D eigenvalue weighted by molar-refractivity contribution is 6.04. The molecule has 2 rings (SSSR count). The first-order valence-corrected chi connectivity index (χ1v) is 9.45. The van der Waals surface area contributed by atoms with Gasteiger partial charge in [0.25, 0.3) is 0 Å². The van der Waals surface area contributed by atoms with Crippen molar-refractivity contribution in [3.05, 3.63) is 33.7 Å². The van der Waals surface area contributed by atoms with Gasteiger partial charge in [0.15, 0.2) is 12.9 Å². The van der Waals surface area contributed by atoms with Crippen molar-refractivity contribution in [2.24, 2.45) is 5.16 Å². The summed E-state index contributed by atoms with van der Waals surface area (Å²) in [7, 11) is 1.61. The van der Waals surface area contributed by atoms with Crippen LogP contribution in [0.3, 0.4) is 0 Å². The zero-order valence-electron chi connectivity index (χ0n) is 18.0. The molecule has 0 fully saturated rings. The molecule has 1 aromatic carbocycles. The van der Waals surface area contributed by atoms with Crippen molar-refractivity contribution in [2.75, 3.05) is 13.7 Å². The Morgan fingerprint density at radius 1 is 1.30 bits per heavy atom. The highest BCUT2D eigenvalue weighted by Crippen LogP contribution is 2.34. The number of aryl methyl sites for hydroxylation is 1. The molecule has 0 saturated heterocycles. The molecule has 0 bridgehead atoms. The molecule has 1 heterocycles. The molecule has 0 amide bonds. The summed E-state index contributed by atoms with van der Waals surface area (Å²) in [4.78, 5) is 17.4.